The highest BCUT2D eigenvalue weighted by molar-refractivity contribution is 5.93. The Morgan fingerprint density at radius 2 is 1.59 bits per heavy atom. The van der Waals surface area contributed by atoms with Crippen molar-refractivity contribution in [3.05, 3.63) is 66.2 Å². The van der Waals surface area contributed by atoms with E-state index in [1.165, 1.54) is 5.56 Å². The van der Waals surface area contributed by atoms with Crippen LogP contribution in [0.4, 0.5) is 5.69 Å². The average Bonchev–Trinajstić information content (AvgIpc) is 2.57. The van der Waals surface area contributed by atoms with E-state index >= 15 is 0 Å². The minimum atomic E-state index is 0.205. The number of nitrogens with zero attached hydrogens (tertiary/aromatic N) is 1. The number of benzene rings is 2. The number of amides is 1. The first-order valence-corrected chi connectivity index (χ1v) is 8.12. The van der Waals surface area contributed by atoms with E-state index in [4.69, 9.17) is 0 Å². The van der Waals surface area contributed by atoms with Crippen LogP contribution in [0.5, 0.6) is 0 Å². The lowest BCUT2D eigenvalue weighted by Gasteiger charge is -2.24. The molecule has 1 unspecified atom stereocenters. The van der Waals surface area contributed by atoms with Crippen LogP contribution in [-0.4, -0.2) is 12.5 Å². The summed E-state index contributed by atoms with van der Waals surface area (Å²) >= 11 is 0. The van der Waals surface area contributed by atoms with Gasteiger partial charge in [-0.05, 0) is 30.0 Å². The second-order valence-electron chi connectivity index (χ2n) is 5.75. The van der Waals surface area contributed by atoms with Crippen molar-refractivity contribution in [3.63, 3.8) is 0 Å². The third-order valence-electron chi connectivity index (χ3n) is 3.95. The van der Waals surface area contributed by atoms with Gasteiger partial charge < -0.3 is 4.90 Å². The number of hydrogen-bond donors (Lipinski definition) is 0. The summed E-state index contributed by atoms with van der Waals surface area (Å²) in [5.74, 6) is 0.442. The molecule has 0 aromatic heterocycles. The molecule has 0 fully saturated rings. The lowest BCUT2D eigenvalue weighted by Crippen LogP contribution is -2.32. The lowest BCUT2D eigenvalue weighted by atomic mass is 9.97. The maximum Gasteiger partial charge on any atom is 0.227 e. The zero-order valence-electron chi connectivity index (χ0n) is 13.5. The zero-order chi connectivity index (χ0) is 15.8. The van der Waals surface area contributed by atoms with E-state index in [2.05, 4.69) is 26.0 Å². The molecule has 0 aliphatic rings. The summed E-state index contributed by atoms with van der Waals surface area (Å²) in [4.78, 5) is 14.7. The van der Waals surface area contributed by atoms with Gasteiger partial charge in [0.15, 0.2) is 0 Å². The largest absolute Gasteiger partial charge is 0.312 e. The van der Waals surface area contributed by atoms with Gasteiger partial charge in [0.2, 0.25) is 5.91 Å². The fourth-order valence-corrected chi connectivity index (χ4v) is 2.59. The molecule has 0 radical (unpaired) electrons. The van der Waals surface area contributed by atoms with Crippen LogP contribution in [0.3, 0.4) is 0 Å². The zero-order valence-corrected chi connectivity index (χ0v) is 13.5. The van der Waals surface area contributed by atoms with Crippen LogP contribution < -0.4 is 4.90 Å². The van der Waals surface area contributed by atoms with Crippen LogP contribution in [0.25, 0.3) is 0 Å². The van der Waals surface area contributed by atoms with E-state index in [0.717, 1.165) is 25.1 Å². The number of anilines is 1. The molecule has 0 N–H and O–H groups in total. The lowest BCUT2D eigenvalue weighted by molar-refractivity contribution is -0.118. The molecule has 0 bridgehead atoms. The van der Waals surface area contributed by atoms with Crippen LogP contribution in [-0.2, 0) is 4.79 Å². The van der Waals surface area contributed by atoms with Crippen LogP contribution in [0.1, 0.15) is 44.6 Å². The Labute approximate surface area is 133 Å². The van der Waals surface area contributed by atoms with Gasteiger partial charge in [-0.2, -0.15) is 0 Å². The normalized spacial score (nSPS) is 11.9. The number of carbonyl (C=O) groups is 1. The first-order chi connectivity index (χ1) is 10.7. The van der Waals surface area contributed by atoms with E-state index in [9.17, 15) is 4.79 Å². The minimum absolute atomic E-state index is 0.205. The van der Waals surface area contributed by atoms with Crippen molar-refractivity contribution in [1.29, 1.82) is 0 Å². The average molecular weight is 295 g/mol. The fourth-order valence-electron chi connectivity index (χ4n) is 2.59. The quantitative estimate of drug-likeness (QED) is 0.703. The van der Waals surface area contributed by atoms with Crippen molar-refractivity contribution in [1.82, 2.24) is 0 Å². The molecule has 2 rings (SSSR count). The number of unbranched alkanes of at least 4 members (excludes halogenated alkanes) is 1. The molecular weight excluding hydrogens is 270 g/mol. The summed E-state index contributed by atoms with van der Waals surface area (Å²) in [7, 11) is 0. The molecule has 0 heterocycles. The highest BCUT2D eigenvalue weighted by Gasteiger charge is 2.18. The highest BCUT2D eigenvalue weighted by atomic mass is 16.2. The van der Waals surface area contributed by atoms with E-state index in [-0.39, 0.29) is 11.8 Å². The van der Waals surface area contributed by atoms with Crippen molar-refractivity contribution in [2.24, 2.45) is 0 Å². The molecule has 2 aromatic carbocycles. The Balaban J connectivity index is 2.09. The van der Waals surface area contributed by atoms with Crippen LogP contribution in [0.2, 0.25) is 0 Å². The molecule has 0 aliphatic carbocycles. The van der Waals surface area contributed by atoms with Gasteiger partial charge in [0.25, 0.3) is 0 Å². The maximum atomic E-state index is 12.8. The van der Waals surface area contributed by atoms with Gasteiger partial charge in [0.1, 0.15) is 0 Å². The standard InChI is InChI=1S/C20H25NO/c1-3-4-15-21(19-13-9-6-10-14-19)20(22)16-17(2)18-11-7-5-8-12-18/h5-14,17H,3-4,15-16H2,1-2H3. The highest BCUT2D eigenvalue weighted by Crippen LogP contribution is 2.22. The molecule has 1 amide bonds. The topological polar surface area (TPSA) is 20.3 Å². The van der Waals surface area contributed by atoms with Crippen molar-refractivity contribution in [2.45, 2.75) is 39.0 Å². The van der Waals surface area contributed by atoms with Gasteiger partial charge >= 0.3 is 0 Å². The van der Waals surface area contributed by atoms with Crippen LogP contribution >= 0.6 is 0 Å². The molecule has 1 atom stereocenters. The first-order valence-electron chi connectivity index (χ1n) is 8.12. The molecule has 2 nitrogen and oxygen atoms in total. The Morgan fingerprint density at radius 3 is 2.18 bits per heavy atom. The molecular formula is C20H25NO. The van der Waals surface area contributed by atoms with E-state index in [1.807, 2.05) is 53.4 Å². The summed E-state index contributed by atoms with van der Waals surface area (Å²) in [5.41, 5.74) is 2.22. The number of hydrogen-bond acceptors (Lipinski definition) is 1. The third kappa shape index (κ3) is 4.45. The number of rotatable bonds is 7. The predicted molar refractivity (Wildman–Crippen MR) is 93.2 cm³/mol. The monoisotopic (exact) mass is 295 g/mol. The van der Waals surface area contributed by atoms with Crippen molar-refractivity contribution >= 4 is 11.6 Å². The predicted octanol–water partition coefficient (Wildman–Crippen LogP) is 5.01. The number of para-hydroxylation sites is 1. The summed E-state index contributed by atoms with van der Waals surface area (Å²) in [6.07, 6.45) is 2.66. The third-order valence-corrected chi connectivity index (χ3v) is 3.95. The molecule has 0 saturated carbocycles. The summed E-state index contributed by atoms with van der Waals surface area (Å²) in [6.45, 7) is 5.07. The van der Waals surface area contributed by atoms with Gasteiger partial charge in [-0.15, -0.1) is 0 Å². The van der Waals surface area contributed by atoms with Gasteiger partial charge in [0.05, 0.1) is 0 Å². The molecule has 2 heteroatoms. The SMILES string of the molecule is CCCCN(C(=O)CC(C)c1ccccc1)c1ccccc1. The number of carbonyl (C=O) groups excluding carboxylic acids is 1. The molecule has 0 spiro atoms. The molecule has 22 heavy (non-hydrogen) atoms. The van der Waals surface area contributed by atoms with Crippen molar-refractivity contribution in [2.75, 3.05) is 11.4 Å². The van der Waals surface area contributed by atoms with Crippen molar-refractivity contribution < 1.29 is 4.79 Å². The van der Waals surface area contributed by atoms with Crippen LogP contribution in [0.15, 0.2) is 60.7 Å². The van der Waals surface area contributed by atoms with Crippen LogP contribution in [0, 0.1) is 0 Å². The van der Waals surface area contributed by atoms with Gasteiger partial charge in [-0.3, -0.25) is 4.79 Å². The van der Waals surface area contributed by atoms with Gasteiger partial charge in [-0.25, -0.2) is 0 Å². The minimum Gasteiger partial charge on any atom is -0.312 e. The Morgan fingerprint density at radius 1 is 1.00 bits per heavy atom. The Hall–Kier alpha value is -2.09. The molecule has 116 valence electrons. The van der Waals surface area contributed by atoms with E-state index in [1.54, 1.807) is 0 Å². The Kier molecular flexibility index (Phi) is 6.20. The van der Waals surface area contributed by atoms with Gasteiger partial charge in [-0.1, -0.05) is 68.8 Å². The second-order valence-corrected chi connectivity index (χ2v) is 5.75. The molecule has 0 aliphatic heterocycles. The van der Waals surface area contributed by atoms with E-state index < -0.39 is 0 Å². The first kappa shape index (κ1) is 16.3. The molecule has 0 saturated heterocycles. The summed E-state index contributed by atoms with van der Waals surface area (Å²) < 4.78 is 0. The summed E-state index contributed by atoms with van der Waals surface area (Å²) in [5, 5.41) is 0. The fraction of sp³-hybridized carbons (Fsp3) is 0.350. The maximum absolute atomic E-state index is 12.8. The smallest absolute Gasteiger partial charge is 0.227 e. The summed E-state index contributed by atoms with van der Waals surface area (Å²) in [6, 6.07) is 20.2. The van der Waals surface area contributed by atoms with Crippen molar-refractivity contribution in [3.8, 4) is 0 Å². The Bertz CT molecular complexity index is 565. The van der Waals surface area contributed by atoms with Gasteiger partial charge in [0, 0.05) is 18.7 Å². The molecule has 2 aromatic rings. The second kappa shape index (κ2) is 8.38. The van der Waals surface area contributed by atoms with E-state index in [0.29, 0.717) is 6.42 Å².